The van der Waals surface area contributed by atoms with Crippen LogP contribution in [0.5, 0.6) is 5.75 Å². The van der Waals surface area contributed by atoms with Crippen LogP contribution in [0.25, 0.3) is 0 Å². The molecule has 0 saturated heterocycles. The second-order valence-corrected chi connectivity index (χ2v) is 4.12. The number of ether oxygens (including phenoxy) is 1. The summed E-state index contributed by atoms with van der Waals surface area (Å²) in [6, 6.07) is 7.28. The molecule has 17 heavy (non-hydrogen) atoms. The SMILES string of the molecule is CC#CCC(NN)C(C)Oc1cccc(Cl)c1. The van der Waals surface area contributed by atoms with Crippen LogP contribution in [0.15, 0.2) is 24.3 Å². The molecule has 3 nitrogen and oxygen atoms in total. The lowest BCUT2D eigenvalue weighted by Gasteiger charge is -2.22. The summed E-state index contributed by atoms with van der Waals surface area (Å²) < 4.78 is 5.75. The van der Waals surface area contributed by atoms with Gasteiger partial charge in [0.05, 0.1) is 6.04 Å². The van der Waals surface area contributed by atoms with Gasteiger partial charge in [0.25, 0.3) is 0 Å². The van der Waals surface area contributed by atoms with Crippen molar-refractivity contribution >= 4 is 11.6 Å². The minimum Gasteiger partial charge on any atom is -0.489 e. The monoisotopic (exact) mass is 252 g/mol. The quantitative estimate of drug-likeness (QED) is 0.481. The van der Waals surface area contributed by atoms with Crippen LogP contribution in [0.2, 0.25) is 5.02 Å². The molecule has 0 aliphatic heterocycles. The zero-order valence-corrected chi connectivity index (χ0v) is 10.8. The van der Waals surface area contributed by atoms with Crippen LogP contribution in [0, 0.1) is 11.8 Å². The van der Waals surface area contributed by atoms with Crippen molar-refractivity contribution in [3.8, 4) is 17.6 Å². The van der Waals surface area contributed by atoms with Crippen LogP contribution in [0.1, 0.15) is 20.3 Å². The van der Waals surface area contributed by atoms with Crippen LogP contribution in [-0.4, -0.2) is 12.1 Å². The maximum atomic E-state index is 5.88. The Hall–Kier alpha value is -1.21. The van der Waals surface area contributed by atoms with Crippen molar-refractivity contribution in [2.45, 2.75) is 32.4 Å². The van der Waals surface area contributed by atoms with Crippen molar-refractivity contribution in [3.63, 3.8) is 0 Å². The van der Waals surface area contributed by atoms with E-state index in [0.717, 1.165) is 5.75 Å². The molecule has 0 fully saturated rings. The summed E-state index contributed by atoms with van der Waals surface area (Å²) in [5, 5.41) is 0.653. The van der Waals surface area contributed by atoms with Crippen molar-refractivity contribution < 1.29 is 4.74 Å². The van der Waals surface area contributed by atoms with Gasteiger partial charge in [-0.05, 0) is 32.0 Å². The summed E-state index contributed by atoms with van der Waals surface area (Å²) >= 11 is 5.88. The summed E-state index contributed by atoms with van der Waals surface area (Å²) in [5.41, 5.74) is 2.71. The predicted molar refractivity (Wildman–Crippen MR) is 70.7 cm³/mol. The van der Waals surface area contributed by atoms with Crippen LogP contribution in [-0.2, 0) is 0 Å². The molecule has 92 valence electrons. The average molecular weight is 253 g/mol. The van der Waals surface area contributed by atoms with Gasteiger partial charge in [-0.25, -0.2) is 0 Å². The molecule has 1 aromatic rings. The third-order valence-electron chi connectivity index (χ3n) is 2.40. The van der Waals surface area contributed by atoms with Crippen LogP contribution >= 0.6 is 11.6 Å². The topological polar surface area (TPSA) is 47.3 Å². The van der Waals surface area contributed by atoms with Gasteiger partial charge in [0.15, 0.2) is 0 Å². The number of nitrogens with two attached hydrogens (primary N) is 1. The maximum absolute atomic E-state index is 5.88. The Morgan fingerprint density at radius 2 is 2.29 bits per heavy atom. The molecule has 1 aromatic carbocycles. The number of hydrogen-bond donors (Lipinski definition) is 2. The Morgan fingerprint density at radius 1 is 1.53 bits per heavy atom. The van der Waals surface area contributed by atoms with E-state index in [0.29, 0.717) is 11.4 Å². The Labute approximate surface area is 107 Å². The highest BCUT2D eigenvalue weighted by atomic mass is 35.5. The van der Waals surface area contributed by atoms with Crippen molar-refractivity contribution in [2.75, 3.05) is 0 Å². The number of hydrogen-bond acceptors (Lipinski definition) is 3. The normalized spacial score (nSPS) is 13.4. The van der Waals surface area contributed by atoms with E-state index in [9.17, 15) is 0 Å². The molecule has 2 atom stereocenters. The van der Waals surface area contributed by atoms with Crippen LogP contribution in [0.4, 0.5) is 0 Å². The predicted octanol–water partition coefficient (Wildman–Crippen LogP) is 2.35. The van der Waals surface area contributed by atoms with Gasteiger partial charge in [-0.3, -0.25) is 11.3 Å². The lowest BCUT2D eigenvalue weighted by molar-refractivity contribution is 0.172. The fraction of sp³-hybridized carbons (Fsp3) is 0.385. The Balaban J connectivity index is 2.62. The fourth-order valence-corrected chi connectivity index (χ4v) is 1.59. The summed E-state index contributed by atoms with van der Waals surface area (Å²) in [5.74, 6) is 12.0. The average Bonchev–Trinajstić information content (AvgIpc) is 2.30. The highest BCUT2D eigenvalue weighted by Crippen LogP contribution is 2.19. The third-order valence-corrected chi connectivity index (χ3v) is 2.63. The molecule has 0 aliphatic rings. The number of nitrogens with one attached hydrogen (secondary N) is 1. The lowest BCUT2D eigenvalue weighted by Crippen LogP contribution is -2.44. The number of rotatable bonds is 5. The van der Waals surface area contributed by atoms with E-state index in [1.54, 1.807) is 19.1 Å². The minimum absolute atomic E-state index is 0.0126. The van der Waals surface area contributed by atoms with E-state index in [4.69, 9.17) is 22.2 Å². The molecular formula is C13H17ClN2O. The lowest BCUT2D eigenvalue weighted by atomic mass is 10.1. The molecule has 0 radical (unpaired) electrons. The van der Waals surface area contributed by atoms with E-state index in [1.165, 1.54) is 0 Å². The molecule has 0 aliphatic carbocycles. The molecular weight excluding hydrogens is 236 g/mol. The van der Waals surface area contributed by atoms with Crippen LogP contribution < -0.4 is 16.0 Å². The van der Waals surface area contributed by atoms with E-state index >= 15 is 0 Å². The Morgan fingerprint density at radius 3 is 2.88 bits per heavy atom. The molecule has 4 heteroatoms. The van der Waals surface area contributed by atoms with E-state index in [-0.39, 0.29) is 12.1 Å². The van der Waals surface area contributed by atoms with Gasteiger partial charge in [0.2, 0.25) is 0 Å². The van der Waals surface area contributed by atoms with Crippen molar-refractivity contribution in [1.82, 2.24) is 5.43 Å². The van der Waals surface area contributed by atoms with Gasteiger partial charge < -0.3 is 4.74 Å². The first-order chi connectivity index (χ1) is 8.17. The van der Waals surface area contributed by atoms with Gasteiger partial charge in [-0.2, -0.15) is 0 Å². The van der Waals surface area contributed by atoms with Crippen LogP contribution in [0.3, 0.4) is 0 Å². The van der Waals surface area contributed by atoms with Gasteiger partial charge in [-0.1, -0.05) is 17.7 Å². The maximum Gasteiger partial charge on any atom is 0.121 e. The van der Waals surface area contributed by atoms with Crippen molar-refractivity contribution in [3.05, 3.63) is 29.3 Å². The molecule has 3 N–H and O–H groups in total. The van der Waals surface area contributed by atoms with Gasteiger partial charge >= 0.3 is 0 Å². The zero-order valence-electron chi connectivity index (χ0n) is 10.0. The summed E-state index contributed by atoms with van der Waals surface area (Å²) in [6.07, 6.45) is 0.564. The minimum atomic E-state index is -0.0840. The number of hydrazine groups is 1. The van der Waals surface area contributed by atoms with Crippen molar-refractivity contribution in [1.29, 1.82) is 0 Å². The molecule has 0 aromatic heterocycles. The fourth-order valence-electron chi connectivity index (χ4n) is 1.41. The first-order valence-corrected chi connectivity index (χ1v) is 5.83. The summed E-state index contributed by atoms with van der Waals surface area (Å²) in [7, 11) is 0. The van der Waals surface area contributed by atoms with Crippen molar-refractivity contribution in [2.24, 2.45) is 5.84 Å². The number of benzene rings is 1. The highest BCUT2D eigenvalue weighted by molar-refractivity contribution is 6.30. The molecule has 1 rings (SSSR count). The Kier molecular flexibility index (Phi) is 5.85. The molecule has 0 spiro atoms. The first kappa shape index (κ1) is 13.9. The second-order valence-electron chi connectivity index (χ2n) is 3.68. The molecule has 0 bridgehead atoms. The van der Waals surface area contributed by atoms with Gasteiger partial charge in [-0.15, -0.1) is 11.8 Å². The smallest absolute Gasteiger partial charge is 0.121 e. The van der Waals surface area contributed by atoms with E-state index in [1.807, 2.05) is 19.1 Å². The van der Waals surface area contributed by atoms with E-state index in [2.05, 4.69) is 17.3 Å². The van der Waals surface area contributed by atoms with Gasteiger partial charge in [0.1, 0.15) is 11.9 Å². The second kappa shape index (κ2) is 7.18. The summed E-state index contributed by atoms with van der Waals surface area (Å²) in [4.78, 5) is 0. The summed E-state index contributed by atoms with van der Waals surface area (Å²) in [6.45, 7) is 3.75. The zero-order chi connectivity index (χ0) is 12.7. The third kappa shape index (κ3) is 4.66. The first-order valence-electron chi connectivity index (χ1n) is 5.45. The largest absolute Gasteiger partial charge is 0.489 e. The molecule has 0 amide bonds. The highest BCUT2D eigenvalue weighted by Gasteiger charge is 2.16. The Bertz CT molecular complexity index is 411. The number of halogens is 1. The molecule has 2 unspecified atom stereocenters. The molecule has 0 saturated carbocycles. The van der Waals surface area contributed by atoms with E-state index < -0.39 is 0 Å². The standard InChI is InChI=1S/C13H17ClN2O/c1-3-4-8-13(16-15)10(2)17-12-7-5-6-11(14)9-12/h5-7,9-10,13,16H,8,15H2,1-2H3. The van der Waals surface area contributed by atoms with Gasteiger partial charge in [0, 0.05) is 11.4 Å². The molecule has 0 heterocycles.